The van der Waals surface area contributed by atoms with E-state index in [2.05, 4.69) is 20.9 Å². The van der Waals surface area contributed by atoms with Crippen LogP contribution in [0.25, 0.3) is 0 Å². The van der Waals surface area contributed by atoms with Crippen molar-refractivity contribution >= 4 is 17.9 Å². The Morgan fingerprint density at radius 1 is 0.789 bits per heavy atom. The van der Waals surface area contributed by atoms with E-state index < -0.39 is 6.03 Å². The van der Waals surface area contributed by atoms with Gasteiger partial charge in [-0.1, -0.05) is 84.9 Å². The highest BCUT2D eigenvalue weighted by Gasteiger charge is 2.20. The maximum absolute atomic E-state index is 13.3. The number of furan rings is 1. The molecule has 194 valence electrons. The molecule has 0 saturated heterocycles. The number of carbonyl (C=O) groups excluding carboxylic acids is 2. The van der Waals surface area contributed by atoms with Crippen LogP contribution in [0.4, 0.5) is 4.79 Å². The third-order valence-corrected chi connectivity index (χ3v) is 5.94. The molecule has 1 aromatic heterocycles. The van der Waals surface area contributed by atoms with E-state index in [0.717, 1.165) is 22.3 Å². The Hall–Kier alpha value is -4.85. The van der Waals surface area contributed by atoms with Crippen molar-refractivity contribution in [2.45, 2.75) is 32.0 Å². The first-order valence-electron chi connectivity index (χ1n) is 12.4. The molecule has 5 N–H and O–H groups in total. The van der Waals surface area contributed by atoms with Crippen LogP contribution in [0.15, 0.2) is 113 Å². The fraction of sp³-hybridized carbons (Fsp3) is 0.167. The van der Waals surface area contributed by atoms with E-state index in [1.165, 1.54) is 6.26 Å². The molecule has 4 aromatic rings. The molecule has 3 amide bonds. The lowest BCUT2D eigenvalue weighted by atomic mass is 9.91. The summed E-state index contributed by atoms with van der Waals surface area (Å²) in [5.41, 5.74) is 9.79. The molecule has 0 bridgehead atoms. The largest absolute Gasteiger partial charge is 0.467 e. The molecule has 0 aliphatic carbocycles. The molecular weight excluding hydrogens is 478 g/mol. The Morgan fingerprint density at radius 2 is 1.50 bits per heavy atom. The first-order valence-corrected chi connectivity index (χ1v) is 12.4. The van der Waals surface area contributed by atoms with E-state index in [-0.39, 0.29) is 30.9 Å². The van der Waals surface area contributed by atoms with Gasteiger partial charge in [0.25, 0.3) is 0 Å². The predicted molar refractivity (Wildman–Crippen MR) is 147 cm³/mol. The molecule has 0 spiro atoms. The number of nitrogens with zero attached hydrogens (tertiary/aromatic N) is 1. The van der Waals surface area contributed by atoms with Crippen LogP contribution in [0.5, 0.6) is 0 Å². The lowest BCUT2D eigenvalue weighted by Gasteiger charge is -2.18. The number of hydrogen-bond acceptors (Lipinski definition) is 4. The Morgan fingerprint density at radius 3 is 2.24 bits per heavy atom. The Labute approximate surface area is 222 Å². The molecule has 8 nitrogen and oxygen atoms in total. The van der Waals surface area contributed by atoms with Crippen molar-refractivity contribution in [1.82, 2.24) is 16.0 Å². The molecule has 0 aliphatic heterocycles. The quantitative estimate of drug-likeness (QED) is 0.189. The molecule has 38 heavy (non-hydrogen) atoms. The third-order valence-electron chi connectivity index (χ3n) is 5.94. The Balaban J connectivity index is 1.31. The highest BCUT2D eigenvalue weighted by Crippen LogP contribution is 2.21. The Bertz CT molecular complexity index is 1340. The summed E-state index contributed by atoms with van der Waals surface area (Å²) in [4.78, 5) is 29.5. The summed E-state index contributed by atoms with van der Waals surface area (Å²) in [5, 5.41) is 8.23. The number of benzene rings is 3. The summed E-state index contributed by atoms with van der Waals surface area (Å²) in [6, 6.07) is 30.6. The van der Waals surface area contributed by atoms with Gasteiger partial charge in [-0.2, -0.15) is 0 Å². The van der Waals surface area contributed by atoms with Crippen molar-refractivity contribution in [3.05, 3.63) is 131 Å². The van der Waals surface area contributed by atoms with Crippen LogP contribution in [0.2, 0.25) is 0 Å². The van der Waals surface area contributed by atoms with Crippen LogP contribution >= 0.6 is 0 Å². The summed E-state index contributed by atoms with van der Waals surface area (Å²) < 4.78 is 5.17. The highest BCUT2D eigenvalue weighted by atomic mass is 16.3. The van der Waals surface area contributed by atoms with Gasteiger partial charge in [-0.3, -0.25) is 10.1 Å². The fourth-order valence-corrected chi connectivity index (χ4v) is 4.00. The van der Waals surface area contributed by atoms with Gasteiger partial charge in [0.05, 0.1) is 25.3 Å². The maximum atomic E-state index is 13.3. The average Bonchev–Trinajstić information content (AvgIpc) is 3.48. The van der Waals surface area contributed by atoms with Gasteiger partial charge in [0.15, 0.2) is 5.96 Å². The predicted octanol–water partition coefficient (Wildman–Crippen LogP) is 4.24. The maximum Gasteiger partial charge on any atom is 0.321 e. The minimum atomic E-state index is -0.470. The number of amides is 3. The number of rotatable bonds is 10. The lowest BCUT2D eigenvalue weighted by molar-refractivity contribution is -0.122. The number of carbonyl (C=O) groups is 2. The second-order valence-electron chi connectivity index (χ2n) is 8.78. The molecule has 1 heterocycles. The minimum absolute atomic E-state index is 0.00673. The second kappa shape index (κ2) is 13.5. The van der Waals surface area contributed by atoms with Crippen LogP contribution < -0.4 is 21.7 Å². The number of guanidine groups is 1. The first kappa shape index (κ1) is 26.2. The van der Waals surface area contributed by atoms with Crippen molar-refractivity contribution in [2.24, 2.45) is 10.7 Å². The van der Waals surface area contributed by atoms with Gasteiger partial charge in [-0.15, -0.1) is 0 Å². The van der Waals surface area contributed by atoms with E-state index in [4.69, 9.17) is 10.2 Å². The van der Waals surface area contributed by atoms with Crippen molar-refractivity contribution in [1.29, 1.82) is 0 Å². The molecule has 0 saturated carbocycles. The minimum Gasteiger partial charge on any atom is -0.467 e. The van der Waals surface area contributed by atoms with Gasteiger partial charge in [0, 0.05) is 6.54 Å². The van der Waals surface area contributed by atoms with Gasteiger partial charge in [-0.05, 0) is 40.8 Å². The molecule has 0 radical (unpaired) electrons. The molecule has 4 rings (SSSR count). The molecule has 1 unspecified atom stereocenters. The second-order valence-corrected chi connectivity index (χ2v) is 8.78. The molecule has 1 atom stereocenters. The molecule has 8 heteroatoms. The van der Waals surface area contributed by atoms with Crippen LogP contribution in [-0.4, -0.2) is 17.9 Å². The number of aliphatic imine (C=N–C) groups is 1. The lowest BCUT2D eigenvalue weighted by Crippen LogP contribution is -2.43. The topological polar surface area (TPSA) is 122 Å². The van der Waals surface area contributed by atoms with Gasteiger partial charge < -0.3 is 20.8 Å². The summed E-state index contributed by atoms with van der Waals surface area (Å²) in [7, 11) is 0. The monoisotopic (exact) mass is 509 g/mol. The van der Waals surface area contributed by atoms with Gasteiger partial charge >= 0.3 is 6.03 Å². The zero-order valence-corrected chi connectivity index (χ0v) is 21.0. The highest BCUT2D eigenvalue weighted by molar-refractivity contribution is 5.95. The molecule has 3 aromatic carbocycles. The van der Waals surface area contributed by atoms with Crippen molar-refractivity contribution in [2.75, 3.05) is 0 Å². The van der Waals surface area contributed by atoms with Crippen molar-refractivity contribution < 1.29 is 14.0 Å². The van der Waals surface area contributed by atoms with Crippen LogP contribution in [0.1, 0.15) is 33.9 Å². The molecular formula is C30H31N5O3. The van der Waals surface area contributed by atoms with E-state index in [9.17, 15) is 9.59 Å². The third kappa shape index (κ3) is 8.09. The van der Waals surface area contributed by atoms with Gasteiger partial charge in [-0.25, -0.2) is 9.79 Å². The van der Waals surface area contributed by atoms with Gasteiger partial charge in [0.1, 0.15) is 5.76 Å². The Kier molecular flexibility index (Phi) is 9.28. The first-order chi connectivity index (χ1) is 18.6. The molecule has 0 fully saturated rings. The number of nitrogens with one attached hydrogen (secondary N) is 3. The van der Waals surface area contributed by atoms with E-state index in [1.54, 1.807) is 12.1 Å². The smallest absolute Gasteiger partial charge is 0.321 e. The van der Waals surface area contributed by atoms with Crippen LogP contribution in [-0.2, 0) is 30.8 Å². The van der Waals surface area contributed by atoms with Crippen LogP contribution in [0.3, 0.4) is 0 Å². The zero-order chi connectivity index (χ0) is 26.6. The number of nitrogens with two attached hydrogens (primary N) is 1. The molecule has 0 aliphatic rings. The normalized spacial score (nSPS) is 11.9. The SMILES string of the molecule is NC(=NCc1cccc(CNC(=O)C(Cc2ccccc2)c2ccccc2)c1)NC(=O)NCc1ccco1. The summed E-state index contributed by atoms with van der Waals surface area (Å²) in [6.45, 7) is 0.917. The van der Waals surface area contributed by atoms with E-state index in [0.29, 0.717) is 18.7 Å². The zero-order valence-electron chi connectivity index (χ0n) is 21.0. The fourth-order valence-electron chi connectivity index (χ4n) is 4.00. The standard InChI is InChI=1S/C30H31N5O3/c31-29(35-30(37)34-21-26-15-8-16-38-26)33-20-24-12-7-11-23(17-24)19-32-28(36)27(25-13-5-2-6-14-25)18-22-9-3-1-4-10-22/h1-17,27H,18-21H2,(H,32,36)(H4,31,33,34,35,37). The summed E-state index contributed by atoms with van der Waals surface area (Å²) in [5.74, 6) is 0.315. The van der Waals surface area contributed by atoms with Crippen molar-refractivity contribution in [3.8, 4) is 0 Å². The van der Waals surface area contributed by atoms with Gasteiger partial charge in [0.2, 0.25) is 5.91 Å². The summed E-state index contributed by atoms with van der Waals surface area (Å²) >= 11 is 0. The number of hydrogen-bond donors (Lipinski definition) is 4. The van der Waals surface area contributed by atoms with Crippen molar-refractivity contribution in [3.63, 3.8) is 0 Å². The summed E-state index contributed by atoms with van der Waals surface area (Å²) in [6.07, 6.45) is 2.16. The van der Waals surface area contributed by atoms with Crippen LogP contribution in [0, 0.1) is 0 Å². The van der Waals surface area contributed by atoms with E-state index in [1.807, 2.05) is 84.9 Å². The average molecular weight is 510 g/mol. The van der Waals surface area contributed by atoms with E-state index >= 15 is 0 Å². The number of urea groups is 1.